The minimum Gasteiger partial charge on any atom is -0.755 e. The summed E-state index contributed by atoms with van der Waals surface area (Å²) in [5.41, 5.74) is 7.32. The fourth-order valence-electron chi connectivity index (χ4n) is 5.42. The first-order chi connectivity index (χ1) is 19.4. The molecule has 4 rings (SSSR count). The molecule has 3 aromatic rings. The second-order valence-corrected chi connectivity index (χ2v) is 11.4. The quantitative estimate of drug-likeness (QED) is 0.241. The molecule has 2 N–H and O–H groups in total. The summed E-state index contributed by atoms with van der Waals surface area (Å²) < 4.78 is 78.7. The Labute approximate surface area is 239 Å². The Hall–Kier alpha value is -3.44. The molecule has 11 heteroatoms. The molecule has 41 heavy (non-hydrogen) atoms. The molecule has 0 radical (unpaired) electrons. The van der Waals surface area contributed by atoms with Crippen LogP contribution in [0.2, 0.25) is 0 Å². The molecule has 6 nitrogen and oxygen atoms in total. The number of aryl methyl sites for hydroxylation is 1. The van der Waals surface area contributed by atoms with Crippen LogP contribution >= 0.6 is 0 Å². The number of hydrogen-bond donors (Lipinski definition) is 1. The predicted molar refractivity (Wildman–Crippen MR) is 151 cm³/mol. The Morgan fingerprint density at radius 2 is 1.78 bits per heavy atom. The number of nitrogens with zero attached hydrogens (tertiary/aromatic N) is 2. The van der Waals surface area contributed by atoms with Crippen LogP contribution in [0.5, 0.6) is 0 Å². The standard InChI is InChI=1S/C30H33F4N3O3S/c1-36(41(39)40)27-12-9-23(18-26(27)31)25(29(35)38)11-8-22-7-10-24(30(32,33)34)19-28(22)37-15-13-21(14-16-37)17-20-5-3-2-4-6-20/h2-7,9-10,12,18-19,21,25H,8,11,13-17H2,1H3,(H2,35,38)(H,39,40)/p-1. The van der Waals surface area contributed by atoms with Gasteiger partial charge in [0.2, 0.25) is 5.91 Å². The Kier molecular flexibility index (Phi) is 9.70. The van der Waals surface area contributed by atoms with E-state index in [4.69, 9.17) is 5.73 Å². The van der Waals surface area contributed by atoms with Crippen molar-refractivity contribution in [2.45, 2.75) is 44.2 Å². The van der Waals surface area contributed by atoms with Crippen molar-refractivity contribution in [3.63, 3.8) is 0 Å². The van der Waals surface area contributed by atoms with Crippen molar-refractivity contribution in [1.82, 2.24) is 0 Å². The summed E-state index contributed by atoms with van der Waals surface area (Å²) >= 11 is -2.69. The van der Waals surface area contributed by atoms with Crippen LogP contribution in [0, 0.1) is 11.7 Å². The summed E-state index contributed by atoms with van der Waals surface area (Å²) in [5, 5.41) is 0. The Balaban J connectivity index is 1.53. The number of amides is 1. The smallest absolute Gasteiger partial charge is 0.416 e. The van der Waals surface area contributed by atoms with Gasteiger partial charge in [0.1, 0.15) is 5.82 Å². The molecule has 2 unspecified atom stereocenters. The second-order valence-electron chi connectivity index (χ2n) is 10.4. The molecule has 1 heterocycles. The number of anilines is 2. The lowest BCUT2D eigenvalue weighted by molar-refractivity contribution is -0.137. The lowest BCUT2D eigenvalue weighted by Crippen LogP contribution is -2.35. The Morgan fingerprint density at radius 3 is 2.37 bits per heavy atom. The molecule has 0 aliphatic carbocycles. The van der Waals surface area contributed by atoms with Gasteiger partial charge in [-0.25, -0.2) is 4.39 Å². The van der Waals surface area contributed by atoms with Gasteiger partial charge in [-0.15, -0.1) is 0 Å². The van der Waals surface area contributed by atoms with Crippen molar-refractivity contribution >= 4 is 28.5 Å². The molecule has 1 fully saturated rings. The van der Waals surface area contributed by atoms with E-state index >= 15 is 0 Å². The minimum atomic E-state index is -4.51. The third-order valence-electron chi connectivity index (χ3n) is 7.72. The zero-order chi connectivity index (χ0) is 29.7. The number of piperidine rings is 1. The molecule has 0 saturated carbocycles. The lowest BCUT2D eigenvalue weighted by Gasteiger charge is -2.35. The largest absolute Gasteiger partial charge is 0.755 e. The van der Waals surface area contributed by atoms with Gasteiger partial charge in [0.05, 0.1) is 17.2 Å². The fourth-order valence-corrected chi connectivity index (χ4v) is 5.73. The molecule has 1 amide bonds. The summed E-state index contributed by atoms with van der Waals surface area (Å²) in [4.78, 5) is 14.3. The summed E-state index contributed by atoms with van der Waals surface area (Å²) in [7, 11) is 1.18. The number of alkyl halides is 3. The normalized spacial score (nSPS) is 15.9. The molecule has 1 aliphatic rings. The van der Waals surface area contributed by atoms with Crippen LogP contribution in [-0.4, -0.2) is 34.8 Å². The topological polar surface area (TPSA) is 89.7 Å². The molecule has 2 atom stereocenters. The summed E-state index contributed by atoms with van der Waals surface area (Å²) in [6.45, 7) is 1.21. The maximum atomic E-state index is 14.7. The van der Waals surface area contributed by atoms with Crippen molar-refractivity contribution in [2.24, 2.45) is 11.7 Å². The second kappa shape index (κ2) is 13.0. The highest BCUT2D eigenvalue weighted by atomic mass is 32.2. The Morgan fingerprint density at radius 1 is 1.10 bits per heavy atom. The van der Waals surface area contributed by atoms with Crippen LogP contribution in [0.1, 0.15) is 47.4 Å². The van der Waals surface area contributed by atoms with Crippen LogP contribution in [0.4, 0.5) is 28.9 Å². The Bertz CT molecular complexity index is 1380. The maximum absolute atomic E-state index is 14.7. The van der Waals surface area contributed by atoms with Gasteiger partial charge in [-0.3, -0.25) is 9.00 Å². The van der Waals surface area contributed by atoms with E-state index in [1.807, 2.05) is 23.1 Å². The van der Waals surface area contributed by atoms with Crippen LogP contribution < -0.4 is 14.9 Å². The van der Waals surface area contributed by atoms with Crippen LogP contribution in [-0.2, 0) is 35.1 Å². The number of benzene rings is 3. The van der Waals surface area contributed by atoms with E-state index < -0.39 is 40.6 Å². The predicted octanol–water partition coefficient (Wildman–Crippen LogP) is 5.74. The molecular formula is C30H32F4N3O3S-. The highest BCUT2D eigenvalue weighted by Gasteiger charge is 2.32. The SMILES string of the molecule is CN(c1ccc(C(CCc2ccc(C(F)(F)F)cc2N2CCC(Cc3ccccc3)CC2)C(N)=O)cc1F)S(=O)[O-]. The first-order valence-electron chi connectivity index (χ1n) is 13.3. The van der Waals surface area contributed by atoms with E-state index in [9.17, 15) is 31.1 Å². The molecule has 0 spiro atoms. The monoisotopic (exact) mass is 590 g/mol. The van der Waals surface area contributed by atoms with Gasteiger partial charge in [-0.05, 0) is 79.0 Å². The van der Waals surface area contributed by atoms with Gasteiger partial charge in [0, 0.05) is 37.1 Å². The molecule has 3 aromatic carbocycles. The summed E-state index contributed by atoms with van der Waals surface area (Å²) in [6.07, 6.45) is -1.54. The molecule has 1 saturated heterocycles. The van der Waals surface area contributed by atoms with Gasteiger partial charge in [-0.2, -0.15) is 13.2 Å². The van der Waals surface area contributed by atoms with Crippen molar-refractivity contribution in [1.29, 1.82) is 0 Å². The van der Waals surface area contributed by atoms with E-state index in [1.165, 1.54) is 36.9 Å². The van der Waals surface area contributed by atoms with Gasteiger partial charge >= 0.3 is 6.18 Å². The number of halogens is 4. The molecular weight excluding hydrogens is 558 g/mol. The maximum Gasteiger partial charge on any atom is 0.416 e. The van der Waals surface area contributed by atoms with Gasteiger partial charge in [0.15, 0.2) is 0 Å². The lowest BCUT2D eigenvalue weighted by atomic mass is 9.88. The summed E-state index contributed by atoms with van der Waals surface area (Å²) in [6, 6.07) is 17.5. The van der Waals surface area contributed by atoms with E-state index in [0.717, 1.165) is 35.7 Å². The minimum absolute atomic E-state index is 0.139. The highest BCUT2D eigenvalue weighted by molar-refractivity contribution is 7.80. The van der Waals surface area contributed by atoms with Crippen LogP contribution in [0.3, 0.4) is 0 Å². The zero-order valence-corrected chi connectivity index (χ0v) is 23.4. The number of hydrogen-bond acceptors (Lipinski definition) is 4. The molecule has 0 aromatic heterocycles. The van der Waals surface area contributed by atoms with E-state index in [1.54, 1.807) is 0 Å². The first kappa shape index (κ1) is 30.5. The zero-order valence-electron chi connectivity index (χ0n) is 22.6. The van der Waals surface area contributed by atoms with Crippen molar-refractivity contribution < 1.29 is 31.1 Å². The van der Waals surface area contributed by atoms with E-state index in [2.05, 4.69) is 12.1 Å². The van der Waals surface area contributed by atoms with Gasteiger partial charge in [0.25, 0.3) is 0 Å². The molecule has 1 aliphatic heterocycles. The first-order valence-corrected chi connectivity index (χ1v) is 14.4. The van der Waals surface area contributed by atoms with E-state index in [-0.39, 0.29) is 24.1 Å². The van der Waals surface area contributed by atoms with Crippen LogP contribution in [0.15, 0.2) is 66.7 Å². The third-order valence-corrected chi connectivity index (χ3v) is 8.36. The van der Waals surface area contributed by atoms with E-state index in [0.29, 0.717) is 30.3 Å². The summed E-state index contributed by atoms with van der Waals surface area (Å²) in [5.74, 6) is -2.05. The van der Waals surface area contributed by atoms with Crippen molar-refractivity contribution in [2.75, 3.05) is 29.3 Å². The molecule has 0 bridgehead atoms. The molecule has 220 valence electrons. The average Bonchev–Trinajstić information content (AvgIpc) is 2.93. The third kappa shape index (κ3) is 7.65. The average molecular weight is 591 g/mol. The van der Waals surface area contributed by atoms with Gasteiger partial charge < -0.3 is 19.5 Å². The fraction of sp³-hybridized carbons (Fsp3) is 0.367. The number of carbonyl (C=O) groups excluding carboxylic acids is 1. The number of primary amides is 1. The van der Waals surface area contributed by atoms with Crippen molar-refractivity contribution in [3.8, 4) is 0 Å². The van der Waals surface area contributed by atoms with Crippen molar-refractivity contribution in [3.05, 3.63) is 94.8 Å². The highest BCUT2D eigenvalue weighted by Crippen LogP contribution is 2.37. The van der Waals surface area contributed by atoms with Crippen LogP contribution in [0.25, 0.3) is 0 Å². The number of carbonyl (C=O) groups is 1. The number of rotatable bonds is 10. The van der Waals surface area contributed by atoms with Gasteiger partial charge in [-0.1, -0.05) is 42.5 Å². The number of nitrogens with two attached hydrogens (primary N) is 1.